The molecule has 0 fully saturated rings. The molecule has 0 saturated heterocycles. The third-order valence-electron chi connectivity index (χ3n) is 1.56. The van der Waals surface area contributed by atoms with Gasteiger partial charge in [0.05, 0.1) is 0 Å². The normalized spacial score (nSPS) is 11.7. The Kier molecular flexibility index (Phi) is 17.2. The van der Waals surface area contributed by atoms with Crippen molar-refractivity contribution < 1.29 is 22.4 Å². The molecule has 0 amide bonds. The van der Waals surface area contributed by atoms with Gasteiger partial charge in [-0.15, -0.1) is 0 Å². The molecule has 0 rings (SSSR count). The minimum absolute atomic E-state index is 0. The van der Waals surface area contributed by atoms with E-state index >= 15 is 0 Å². The molecule has 11 heavy (non-hydrogen) atoms. The van der Waals surface area contributed by atoms with Gasteiger partial charge in [0.25, 0.3) is 0 Å². The van der Waals surface area contributed by atoms with Crippen LogP contribution in [0.3, 0.4) is 0 Å². The topological polar surface area (TPSA) is 3.24 Å². The van der Waals surface area contributed by atoms with Gasteiger partial charge in [-0.3, -0.25) is 0 Å². The quantitative estimate of drug-likeness (QED) is 0.534. The summed E-state index contributed by atoms with van der Waals surface area (Å²) in [5, 5.41) is 0. The van der Waals surface area contributed by atoms with Crippen LogP contribution >= 0.6 is 0 Å². The first kappa shape index (κ1) is 17.7. The maximum Gasteiger partial charge on any atom is 2.00 e. The molecule has 0 aromatic rings. The third-order valence-corrected chi connectivity index (χ3v) is 1.56. The average molecular weight is 236 g/mol. The van der Waals surface area contributed by atoms with E-state index in [0.717, 1.165) is 12.3 Å². The van der Waals surface area contributed by atoms with E-state index in [4.69, 9.17) is 0 Å². The Balaban J connectivity index is -0.000000320. The molecule has 0 saturated carbocycles. The summed E-state index contributed by atoms with van der Waals surface area (Å²) >= 11 is 0. The fourth-order valence-electron chi connectivity index (χ4n) is 0.623. The summed E-state index contributed by atoms with van der Waals surface area (Å²) in [7, 11) is 4.21. The molecule has 1 unspecified atom stereocenters. The van der Waals surface area contributed by atoms with E-state index < -0.39 is 0 Å². The van der Waals surface area contributed by atoms with Crippen molar-refractivity contribution in [3.8, 4) is 0 Å². The number of nitrogens with zero attached hydrogens (tertiary/aromatic N) is 1. The monoisotopic (exact) mass is 236 g/mol. The summed E-state index contributed by atoms with van der Waals surface area (Å²) in [6.45, 7) is 7.28. The van der Waals surface area contributed by atoms with Crippen LogP contribution in [0.15, 0.2) is 0 Å². The minimum atomic E-state index is 0. The van der Waals surface area contributed by atoms with Gasteiger partial charge >= 0.3 is 22.4 Å². The minimum Gasteiger partial charge on any atom is -0.358 e. The Labute approximate surface area is 88.1 Å². The largest absolute Gasteiger partial charge is 2.00 e. The summed E-state index contributed by atoms with van der Waals surface area (Å²) in [4.78, 5) is 2.21. The van der Waals surface area contributed by atoms with E-state index in [1.165, 1.54) is 13.0 Å². The van der Waals surface area contributed by atoms with E-state index in [2.05, 4.69) is 32.8 Å². The first-order chi connectivity index (χ1) is 4.16. The molecular weight excluding hydrogens is 215 g/mol. The van der Waals surface area contributed by atoms with Gasteiger partial charge in [0.15, 0.2) is 0 Å². The number of hydrogen-bond acceptors (Lipinski definition) is 1. The van der Waals surface area contributed by atoms with Crippen LogP contribution in [0, 0.1) is 20.3 Å². The molecule has 0 spiro atoms. The Morgan fingerprint density at radius 3 is 2.09 bits per heavy atom. The standard InChI is InChI=1S/C8H18N.CH3.Nb/c1-5-8(2)6-7-9(3)4;;/h8H,1,5-7H2,2-4H3;1H3;/q2*-1;+2. The summed E-state index contributed by atoms with van der Waals surface area (Å²) in [6, 6.07) is 0. The van der Waals surface area contributed by atoms with Crippen LogP contribution in [0.25, 0.3) is 0 Å². The van der Waals surface area contributed by atoms with Crippen LogP contribution in [-0.4, -0.2) is 25.5 Å². The Hall–Kier alpha value is 0.700. The molecule has 0 N–H and O–H groups in total. The maximum atomic E-state index is 3.85. The summed E-state index contributed by atoms with van der Waals surface area (Å²) in [5.74, 6) is 0.785. The molecule has 0 bridgehead atoms. The van der Waals surface area contributed by atoms with Crippen LogP contribution in [0.4, 0.5) is 0 Å². The molecule has 0 aromatic carbocycles. The van der Waals surface area contributed by atoms with Crippen LogP contribution in [0.5, 0.6) is 0 Å². The predicted octanol–water partition coefficient (Wildman–Crippen LogP) is 2.25. The van der Waals surface area contributed by atoms with Crippen molar-refractivity contribution in [3.63, 3.8) is 0 Å². The van der Waals surface area contributed by atoms with Gasteiger partial charge < -0.3 is 19.3 Å². The van der Waals surface area contributed by atoms with Gasteiger partial charge in [-0.1, -0.05) is 12.8 Å². The first-order valence-electron chi connectivity index (χ1n) is 3.60. The van der Waals surface area contributed by atoms with Gasteiger partial charge in [0.1, 0.15) is 0 Å². The molecule has 0 aromatic heterocycles. The summed E-state index contributed by atoms with van der Waals surface area (Å²) in [6.07, 6.45) is 2.34. The predicted molar refractivity (Wildman–Crippen MR) is 48.7 cm³/mol. The maximum absolute atomic E-state index is 3.85. The second-order valence-corrected chi connectivity index (χ2v) is 2.99. The van der Waals surface area contributed by atoms with E-state index in [9.17, 15) is 0 Å². The van der Waals surface area contributed by atoms with Crippen molar-refractivity contribution in [1.82, 2.24) is 4.90 Å². The molecule has 1 radical (unpaired) electrons. The van der Waals surface area contributed by atoms with Crippen LogP contribution in [-0.2, 0) is 22.4 Å². The van der Waals surface area contributed by atoms with E-state index in [1.807, 2.05) is 0 Å². The van der Waals surface area contributed by atoms with Crippen LogP contribution in [0.2, 0.25) is 0 Å². The van der Waals surface area contributed by atoms with Gasteiger partial charge in [0, 0.05) is 0 Å². The van der Waals surface area contributed by atoms with Crippen molar-refractivity contribution in [2.75, 3.05) is 20.6 Å². The zero-order chi connectivity index (χ0) is 7.28. The van der Waals surface area contributed by atoms with Gasteiger partial charge in [-0.25, -0.2) is 0 Å². The number of hydrogen-bond donors (Lipinski definition) is 0. The van der Waals surface area contributed by atoms with E-state index in [1.54, 1.807) is 0 Å². The summed E-state index contributed by atoms with van der Waals surface area (Å²) in [5.41, 5.74) is 0. The second-order valence-electron chi connectivity index (χ2n) is 2.99. The zero-order valence-corrected chi connectivity index (χ0v) is 10.5. The van der Waals surface area contributed by atoms with Gasteiger partial charge in [-0.2, -0.15) is 6.42 Å². The fraction of sp³-hybridized carbons (Fsp3) is 0.778. The molecule has 1 nitrogen and oxygen atoms in total. The van der Waals surface area contributed by atoms with E-state index in [-0.39, 0.29) is 29.8 Å². The molecule has 0 aliphatic rings. The van der Waals surface area contributed by atoms with Crippen molar-refractivity contribution in [3.05, 3.63) is 14.4 Å². The van der Waals surface area contributed by atoms with Crippen LogP contribution < -0.4 is 0 Å². The van der Waals surface area contributed by atoms with Crippen molar-refractivity contribution >= 4 is 0 Å². The molecular formula is C9H21NNb. The number of rotatable bonds is 4. The van der Waals surface area contributed by atoms with Crippen molar-refractivity contribution in [2.24, 2.45) is 5.92 Å². The Bertz CT molecular complexity index is 64.6. The molecule has 2 heteroatoms. The fourth-order valence-corrected chi connectivity index (χ4v) is 0.623. The second kappa shape index (κ2) is 10.7. The molecule has 0 heterocycles. The van der Waals surface area contributed by atoms with Gasteiger partial charge in [-0.05, 0) is 27.1 Å². The van der Waals surface area contributed by atoms with Crippen molar-refractivity contribution in [1.29, 1.82) is 0 Å². The Morgan fingerprint density at radius 2 is 1.82 bits per heavy atom. The SMILES string of the molecule is [CH2-]CC(C)CCN(C)C.[CH3-].[Nb+2]. The molecule has 0 aliphatic heterocycles. The Morgan fingerprint density at radius 1 is 1.36 bits per heavy atom. The van der Waals surface area contributed by atoms with E-state index in [0.29, 0.717) is 0 Å². The average Bonchev–Trinajstić information content (AvgIpc) is 1.83. The van der Waals surface area contributed by atoms with Gasteiger partial charge in [0.2, 0.25) is 0 Å². The van der Waals surface area contributed by atoms with Crippen LogP contribution in [0.1, 0.15) is 19.8 Å². The molecule has 67 valence electrons. The first-order valence-corrected chi connectivity index (χ1v) is 3.60. The molecule has 1 atom stereocenters. The summed E-state index contributed by atoms with van der Waals surface area (Å²) < 4.78 is 0. The third kappa shape index (κ3) is 13.7. The smallest absolute Gasteiger partial charge is 0.358 e. The van der Waals surface area contributed by atoms with Crippen molar-refractivity contribution in [2.45, 2.75) is 19.8 Å². The zero-order valence-electron chi connectivity index (χ0n) is 8.30. The molecule has 0 aliphatic carbocycles.